The highest BCUT2D eigenvalue weighted by molar-refractivity contribution is 5.83. The fourth-order valence-electron chi connectivity index (χ4n) is 5.15. The predicted octanol–water partition coefficient (Wildman–Crippen LogP) is 4.89. The molecule has 0 saturated heterocycles. The van der Waals surface area contributed by atoms with Crippen LogP contribution < -0.4 is 10.2 Å². The number of nitrogens with zero attached hydrogens (tertiary/aromatic N) is 2. The minimum Gasteiger partial charge on any atom is -0.387 e. The monoisotopic (exact) mass is 410 g/mol. The Kier molecular flexibility index (Phi) is 4.42. The fraction of sp³-hybridized carbons (Fsp3) is 0.269. The zero-order valence-corrected chi connectivity index (χ0v) is 17.4. The van der Waals surface area contributed by atoms with Crippen molar-refractivity contribution in [1.82, 2.24) is 9.97 Å². The summed E-state index contributed by atoms with van der Waals surface area (Å²) >= 11 is 0. The molecule has 1 aliphatic heterocycles. The summed E-state index contributed by atoms with van der Waals surface area (Å²) in [6.07, 6.45) is 7.24. The summed E-state index contributed by atoms with van der Waals surface area (Å²) in [7, 11) is 0. The van der Waals surface area contributed by atoms with E-state index in [0.29, 0.717) is 0 Å². The zero-order valence-electron chi connectivity index (χ0n) is 17.4. The first-order valence-electron chi connectivity index (χ1n) is 11.1. The number of fused-ring (bicyclic) bond motifs is 3. The summed E-state index contributed by atoms with van der Waals surface area (Å²) in [5, 5.41) is 15.1. The molecule has 0 saturated carbocycles. The third kappa shape index (κ3) is 3.17. The van der Waals surface area contributed by atoms with Crippen molar-refractivity contribution in [3.8, 4) is 0 Å². The van der Waals surface area contributed by atoms with Crippen molar-refractivity contribution in [2.45, 2.75) is 31.8 Å². The number of para-hydroxylation sites is 1. The van der Waals surface area contributed by atoms with Gasteiger partial charge in [-0.3, -0.25) is 4.98 Å². The fourth-order valence-corrected chi connectivity index (χ4v) is 5.15. The van der Waals surface area contributed by atoms with E-state index in [-0.39, 0.29) is 0 Å². The minimum absolute atomic E-state index is 0.416. The maximum absolute atomic E-state index is 10.2. The standard InChI is InChI=1S/C26H26N4O/c31-25-8-6-21-24(10-13-28-26(21)25)30-14-11-17-15-19(5-7-23(17)30)27-12-9-18-16-29-22-4-2-1-3-20(18)22/h1-5,7,10,13,15-16,25,27,29,31H,6,8-9,11-12,14H2/t25-/m1/s1. The van der Waals surface area contributed by atoms with Crippen molar-refractivity contribution in [3.63, 3.8) is 0 Å². The van der Waals surface area contributed by atoms with E-state index < -0.39 is 6.10 Å². The van der Waals surface area contributed by atoms with Gasteiger partial charge in [0.15, 0.2) is 0 Å². The Balaban J connectivity index is 1.18. The smallest absolute Gasteiger partial charge is 0.0966 e. The van der Waals surface area contributed by atoms with Crippen molar-refractivity contribution < 1.29 is 5.11 Å². The van der Waals surface area contributed by atoms with Crippen LogP contribution in [0.3, 0.4) is 0 Å². The lowest BCUT2D eigenvalue weighted by Crippen LogP contribution is -2.15. The zero-order chi connectivity index (χ0) is 20.8. The van der Waals surface area contributed by atoms with E-state index in [1.165, 1.54) is 44.7 Å². The number of anilines is 3. The first kappa shape index (κ1) is 18.5. The molecule has 0 bridgehead atoms. The molecule has 1 aliphatic carbocycles. The van der Waals surface area contributed by atoms with E-state index in [0.717, 1.165) is 44.5 Å². The Bertz CT molecular complexity index is 1260. The molecule has 0 unspecified atom stereocenters. The molecule has 3 heterocycles. The van der Waals surface area contributed by atoms with Gasteiger partial charge in [-0.05, 0) is 67.1 Å². The average Bonchev–Trinajstić information content (AvgIpc) is 3.51. The normalized spacial score (nSPS) is 17.2. The van der Waals surface area contributed by atoms with Crippen LogP contribution in [0, 0.1) is 0 Å². The molecule has 1 atom stereocenters. The van der Waals surface area contributed by atoms with E-state index in [1.54, 1.807) is 0 Å². The summed E-state index contributed by atoms with van der Waals surface area (Å²) in [6, 6.07) is 17.3. The van der Waals surface area contributed by atoms with E-state index >= 15 is 0 Å². The Hall–Kier alpha value is -3.31. The molecule has 5 heteroatoms. The second-order valence-corrected chi connectivity index (χ2v) is 8.53. The highest BCUT2D eigenvalue weighted by Crippen LogP contribution is 2.42. The van der Waals surface area contributed by atoms with Crippen LogP contribution in [0.25, 0.3) is 10.9 Å². The molecule has 4 aromatic rings. The number of nitrogens with one attached hydrogen (secondary N) is 2. The van der Waals surface area contributed by atoms with Gasteiger partial charge in [0.25, 0.3) is 0 Å². The molecule has 5 nitrogen and oxygen atoms in total. The van der Waals surface area contributed by atoms with Gasteiger partial charge in [-0.1, -0.05) is 18.2 Å². The third-order valence-corrected chi connectivity index (χ3v) is 6.71. The largest absolute Gasteiger partial charge is 0.387 e. The van der Waals surface area contributed by atoms with Gasteiger partial charge in [0.2, 0.25) is 0 Å². The van der Waals surface area contributed by atoms with Crippen LogP contribution >= 0.6 is 0 Å². The number of pyridine rings is 1. The number of rotatable bonds is 5. The Labute approximate surface area is 181 Å². The molecule has 2 aromatic heterocycles. The molecule has 3 N–H and O–H groups in total. The van der Waals surface area contributed by atoms with Gasteiger partial charge >= 0.3 is 0 Å². The quantitative estimate of drug-likeness (QED) is 0.438. The molecule has 2 aromatic carbocycles. The topological polar surface area (TPSA) is 64.2 Å². The van der Waals surface area contributed by atoms with Crippen molar-refractivity contribution >= 4 is 28.0 Å². The lowest BCUT2D eigenvalue weighted by Gasteiger charge is -2.22. The van der Waals surface area contributed by atoms with Gasteiger partial charge in [-0.15, -0.1) is 0 Å². The van der Waals surface area contributed by atoms with Crippen molar-refractivity contribution in [1.29, 1.82) is 0 Å². The first-order valence-corrected chi connectivity index (χ1v) is 11.1. The predicted molar refractivity (Wildman–Crippen MR) is 125 cm³/mol. The Morgan fingerprint density at radius 2 is 2.03 bits per heavy atom. The molecular weight excluding hydrogens is 384 g/mol. The van der Waals surface area contributed by atoms with Crippen LogP contribution in [0.2, 0.25) is 0 Å². The van der Waals surface area contributed by atoms with E-state index in [4.69, 9.17) is 0 Å². The van der Waals surface area contributed by atoms with Gasteiger partial charge < -0.3 is 20.3 Å². The molecule has 0 spiro atoms. The maximum Gasteiger partial charge on any atom is 0.0966 e. The van der Waals surface area contributed by atoms with Crippen LogP contribution in [0.5, 0.6) is 0 Å². The number of aromatic amines is 1. The number of aromatic nitrogens is 2. The number of benzene rings is 2. The van der Waals surface area contributed by atoms with Crippen LogP contribution in [-0.4, -0.2) is 28.2 Å². The summed E-state index contributed by atoms with van der Waals surface area (Å²) in [5.74, 6) is 0. The van der Waals surface area contributed by atoms with Crippen molar-refractivity contribution in [3.05, 3.63) is 83.3 Å². The van der Waals surface area contributed by atoms with Gasteiger partial charge in [0.1, 0.15) is 0 Å². The third-order valence-electron chi connectivity index (χ3n) is 6.71. The molecular formula is C26H26N4O. The molecule has 6 rings (SSSR count). The number of hydrogen-bond acceptors (Lipinski definition) is 4. The Morgan fingerprint density at radius 1 is 1.10 bits per heavy atom. The van der Waals surface area contributed by atoms with Crippen LogP contribution in [0.1, 0.15) is 34.9 Å². The number of hydrogen-bond donors (Lipinski definition) is 3. The van der Waals surface area contributed by atoms with Crippen LogP contribution in [0.4, 0.5) is 17.1 Å². The summed E-state index contributed by atoms with van der Waals surface area (Å²) < 4.78 is 0. The highest BCUT2D eigenvalue weighted by Gasteiger charge is 2.29. The molecule has 2 aliphatic rings. The van der Waals surface area contributed by atoms with Crippen molar-refractivity contribution in [2.75, 3.05) is 23.3 Å². The summed E-state index contributed by atoms with van der Waals surface area (Å²) in [4.78, 5) is 10.2. The second kappa shape index (κ2) is 7.43. The summed E-state index contributed by atoms with van der Waals surface area (Å²) in [6.45, 7) is 1.88. The van der Waals surface area contributed by atoms with Crippen LogP contribution in [-0.2, 0) is 19.3 Å². The molecule has 0 fully saturated rings. The maximum atomic E-state index is 10.2. The average molecular weight is 411 g/mol. The molecule has 156 valence electrons. The SMILES string of the molecule is O[C@@H]1CCc2c(N3CCc4cc(NCCc5c[nH]c6ccccc56)ccc43)ccnc21. The number of aliphatic hydroxyl groups is 1. The molecule has 0 radical (unpaired) electrons. The Morgan fingerprint density at radius 3 is 3.00 bits per heavy atom. The number of aliphatic hydroxyl groups excluding tert-OH is 1. The lowest BCUT2D eigenvalue weighted by molar-refractivity contribution is 0.176. The lowest BCUT2D eigenvalue weighted by atomic mass is 10.1. The second-order valence-electron chi connectivity index (χ2n) is 8.53. The van der Waals surface area contributed by atoms with Crippen LogP contribution in [0.15, 0.2) is 60.9 Å². The van der Waals surface area contributed by atoms with Gasteiger partial charge in [-0.2, -0.15) is 0 Å². The van der Waals surface area contributed by atoms with Crippen molar-refractivity contribution in [2.24, 2.45) is 0 Å². The minimum atomic E-state index is -0.416. The van der Waals surface area contributed by atoms with Gasteiger partial charge in [-0.25, -0.2) is 0 Å². The summed E-state index contributed by atoms with van der Waals surface area (Å²) in [5.41, 5.74) is 9.66. The van der Waals surface area contributed by atoms with E-state index in [2.05, 4.69) is 74.9 Å². The first-order chi connectivity index (χ1) is 15.3. The van der Waals surface area contributed by atoms with E-state index in [1.807, 2.05) is 6.20 Å². The molecule has 0 amide bonds. The van der Waals surface area contributed by atoms with Gasteiger partial charge in [0.05, 0.1) is 11.8 Å². The number of H-pyrrole nitrogens is 1. The molecule has 31 heavy (non-hydrogen) atoms. The van der Waals surface area contributed by atoms with E-state index in [9.17, 15) is 5.11 Å². The highest BCUT2D eigenvalue weighted by atomic mass is 16.3. The van der Waals surface area contributed by atoms with Gasteiger partial charge in [0, 0.05) is 59.0 Å².